The van der Waals surface area contributed by atoms with Crippen molar-refractivity contribution in [2.75, 3.05) is 20.6 Å². The van der Waals surface area contributed by atoms with E-state index in [1.54, 1.807) is 18.2 Å². The minimum Gasteiger partial charge on any atom is -0.489 e. The van der Waals surface area contributed by atoms with Crippen molar-refractivity contribution in [2.45, 2.75) is 33.4 Å². The molecular weight excluding hydrogens is 392 g/mol. The lowest BCUT2D eigenvalue weighted by Crippen LogP contribution is -2.43. The third-order valence-electron chi connectivity index (χ3n) is 5.45. The Morgan fingerprint density at radius 2 is 1.81 bits per heavy atom. The van der Waals surface area contributed by atoms with Gasteiger partial charge >= 0.3 is 5.63 Å². The molecule has 0 saturated heterocycles. The van der Waals surface area contributed by atoms with E-state index in [-0.39, 0.29) is 17.6 Å². The lowest BCUT2D eigenvalue weighted by Gasteiger charge is -2.28. The largest absolute Gasteiger partial charge is 0.489 e. The topological polar surface area (TPSA) is 71.8 Å². The summed E-state index contributed by atoms with van der Waals surface area (Å²) in [5.41, 5.74) is 2.56. The third kappa shape index (κ3) is 5.73. The summed E-state index contributed by atoms with van der Waals surface area (Å²) < 4.78 is 11.1. The van der Waals surface area contributed by atoms with E-state index in [2.05, 4.69) is 24.1 Å². The molecule has 6 heteroatoms. The van der Waals surface area contributed by atoms with Gasteiger partial charge in [-0.3, -0.25) is 4.79 Å². The maximum atomic E-state index is 12.5. The smallest absolute Gasteiger partial charge is 0.336 e. The van der Waals surface area contributed by atoms with E-state index >= 15 is 0 Å². The molecule has 0 saturated carbocycles. The molecule has 0 aliphatic carbocycles. The molecule has 0 aliphatic heterocycles. The van der Waals surface area contributed by atoms with Crippen LogP contribution in [-0.4, -0.2) is 37.5 Å². The number of carbonyl (C=O) groups is 1. The van der Waals surface area contributed by atoms with Gasteiger partial charge in [-0.1, -0.05) is 26.0 Å². The van der Waals surface area contributed by atoms with Gasteiger partial charge in [0.15, 0.2) is 0 Å². The van der Waals surface area contributed by atoms with Crippen LogP contribution in [0.15, 0.2) is 57.7 Å². The van der Waals surface area contributed by atoms with E-state index < -0.39 is 0 Å². The molecule has 1 heterocycles. The fourth-order valence-corrected chi connectivity index (χ4v) is 3.63. The van der Waals surface area contributed by atoms with E-state index in [1.807, 2.05) is 45.3 Å². The van der Waals surface area contributed by atoms with Crippen LogP contribution < -0.4 is 15.7 Å². The second-order valence-corrected chi connectivity index (χ2v) is 8.38. The van der Waals surface area contributed by atoms with Gasteiger partial charge in [-0.2, -0.15) is 0 Å². The fraction of sp³-hybridized carbons (Fsp3) is 0.360. The van der Waals surface area contributed by atoms with Crippen LogP contribution in [0, 0.1) is 12.8 Å². The summed E-state index contributed by atoms with van der Waals surface area (Å²) in [6.07, 6.45) is 0. The van der Waals surface area contributed by atoms with Crippen LogP contribution in [0.1, 0.15) is 35.3 Å². The minimum atomic E-state index is -0.374. The zero-order valence-corrected chi connectivity index (χ0v) is 18.8. The predicted octanol–water partition coefficient (Wildman–Crippen LogP) is 4.00. The number of aryl methyl sites for hydroxylation is 1. The number of amides is 1. The quantitative estimate of drug-likeness (QED) is 0.556. The highest BCUT2D eigenvalue weighted by Gasteiger charge is 2.17. The van der Waals surface area contributed by atoms with Gasteiger partial charge in [0.2, 0.25) is 0 Å². The van der Waals surface area contributed by atoms with Gasteiger partial charge in [-0.05, 0) is 62.3 Å². The molecule has 31 heavy (non-hydrogen) atoms. The Hall–Kier alpha value is -3.12. The van der Waals surface area contributed by atoms with Crippen LogP contribution in [0.5, 0.6) is 5.75 Å². The first-order valence-electron chi connectivity index (χ1n) is 10.5. The number of benzene rings is 2. The van der Waals surface area contributed by atoms with E-state index in [1.165, 1.54) is 6.07 Å². The Labute approximate surface area is 182 Å². The molecule has 0 bridgehead atoms. The normalized spacial score (nSPS) is 12.4. The number of likely N-dealkylation sites (N-methyl/N-ethyl adjacent to an activating group) is 1. The van der Waals surface area contributed by atoms with Crippen LogP contribution in [0.25, 0.3) is 11.0 Å². The molecule has 0 spiro atoms. The van der Waals surface area contributed by atoms with Crippen molar-refractivity contribution in [3.63, 3.8) is 0 Å². The number of ether oxygens (including phenoxy) is 1. The Morgan fingerprint density at radius 3 is 2.45 bits per heavy atom. The molecule has 1 atom stereocenters. The lowest BCUT2D eigenvalue weighted by molar-refractivity contribution is 0.0934. The van der Waals surface area contributed by atoms with E-state index in [0.29, 0.717) is 36.0 Å². The maximum Gasteiger partial charge on any atom is 0.336 e. The van der Waals surface area contributed by atoms with Crippen LogP contribution in [0.3, 0.4) is 0 Å². The summed E-state index contributed by atoms with van der Waals surface area (Å²) in [6.45, 7) is 7.12. The molecule has 1 N–H and O–H groups in total. The van der Waals surface area contributed by atoms with E-state index in [9.17, 15) is 9.59 Å². The zero-order chi connectivity index (χ0) is 22.5. The molecule has 3 aromatic rings. The van der Waals surface area contributed by atoms with Crippen molar-refractivity contribution >= 4 is 16.9 Å². The lowest BCUT2D eigenvalue weighted by atomic mass is 10.0. The Kier molecular flexibility index (Phi) is 7.13. The monoisotopic (exact) mass is 422 g/mol. The molecule has 0 aliphatic rings. The second-order valence-electron chi connectivity index (χ2n) is 8.38. The van der Waals surface area contributed by atoms with Gasteiger partial charge in [-0.25, -0.2) is 4.79 Å². The molecule has 1 amide bonds. The minimum absolute atomic E-state index is 0.0834. The predicted molar refractivity (Wildman–Crippen MR) is 123 cm³/mol. The highest BCUT2D eigenvalue weighted by Crippen LogP contribution is 2.23. The van der Waals surface area contributed by atoms with Gasteiger partial charge in [0.05, 0.1) is 0 Å². The summed E-state index contributed by atoms with van der Waals surface area (Å²) in [5.74, 6) is 0.980. The molecule has 2 aromatic carbocycles. The number of rotatable bonds is 8. The summed E-state index contributed by atoms with van der Waals surface area (Å²) in [5, 5.41) is 3.90. The van der Waals surface area contributed by atoms with Crippen LogP contribution in [0.2, 0.25) is 0 Å². The number of nitrogens with zero attached hydrogens (tertiary/aromatic N) is 1. The fourth-order valence-electron chi connectivity index (χ4n) is 3.63. The molecule has 0 fully saturated rings. The first-order valence-corrected chi connectivity index (χ1v) is 10.5. The number of hydrogen-bond acceptors (Lipinski definition) is 5. The first kappa shape index (κ1) is 22.6. The van der Waals surface area contributed by atoms with Crippen molar-refractivity contribution in [3.05, 3.63) is 75.6 Å². The van der Waals surface area contributed by atoms with Crippen molar-refractivity contribution in [1.29, 1.82) is 0 Å². The van der Waals surface area contributed by atoms with Crippen molar-refractivity contribution in [1.82, 2.24) is 10.2 Å². The molecule has 1 unspecified atom stereocenters. The van der Waals surface area contributed by atoms with Gasteiger partial charge in [0, 0.05) is 35.7 Å². The standard InChI is InChI=1S/C25H30N2O4/c1-16(2)22(27(4)5)14-26-25(29)19-8-6-18(7-9-19)15-30-20-10-11-21-17(3)12-24(28)31-23(21)13-20/h6-13,16,22H,14-15H2,1-5H3,(H,26,29). The second kappa shape index (κ2) is 9.79. The van der Waals surface area contributed by atoms with E-state index in [4.69, 9.17) is 9.15 Å². The van der Waals surface area contributed by atoms with Crippen LogP contribution >= 0.6 is 0 Å². The summed E-state index contributed by atoms with van der Waals surface area (Å²) in [7, 11) is 4.05. The molecule has 3 rings (SSSR count). The molecule has 0 radical (unpaired) electrons. The molecular formula is C25H30N2O4. The van der Waals surface area contributed by atoms with Gasteiger partial charge < -0.3 is 19.4 Å². The average molecular weight is 423 g/mol. The van der Waals surface area contributed by atoms with Gasteiger partial charge in [-0.15, -0.1) is 0 Å². The van der Waals surface area contributed by atoms with Crippen molar-refractivity contribution in [3.8, 4) is 5.75 Å². The number of fused-ring (bicyclic) bond motifs is 1. The first-order chi connectivity index (χ1) is 14.7. The third-order valence-corrected chi connectivity index (χ3v) is 5.45. The number of hydrogen-bond donors (Lipinski definition) is 1. The Balaban J connectivity index is 1.60. The highest BCUT2D eigenvalue weighted by molar-refractivity contribution is 5.94. The van der Waals surface area contributed by atoms with Crippen molar-refractivity contribution < 1.29 is 13.9 Å². The Morgan fingerprint density at radius 1 is 1.10 bits per heavy atom. The zero-order valence-electron chi connectivity index (χ0n) is 18.8. The maximum absolute atomic E-state index is 12.5. The number of carbonyl (C=O) groups excluding carboxylic acids is 1. The van der Waals surface area contributed by atoms with Gasteiger partial charge in [0.1, 0.15) is 17.9 Å². The van der Waals surface area contributed by atoms with E-state index in [0.717, 1.165) is 16.5 Å². The number of nitrogens with one attached hydrogen (secondary N) is 1. The molecule has 1 aromatic heterocycles. The summed E-state index contributed by atoms with van der Waals surface area (Å²) >= 11 is 0. The average Bonchev–Trinajstić information content (AvgIpc) is 2.71. The molecule has 164 valence electrons. The SMILES string of the molecule is Cc1cc(=O)oc2cc(OCc3ccc(C(=O)NCC(C(C)C)N(C)C)cc3)ccc12. The Bertz CT molecular complexity index is 1090. The molecule has 6 nitrogen and oxygen atoms in total. The van der Waals surface area contributed by atoms with Gasteiger partial charge in [0.25, 0.3) is 5.91 Å². The summed E-state index contributed by atoms with van der Waals surface area (Å²) in [4.78, 5) is 26.2. The van der Waals surface area contributed by atoms with Crippen LogP contribution in [-0.2, 0) is 6.61 Å². The summed E-state index contributed by atoms with van der Waals surface area (Å²) in [6, 6.07) is 14.6. The van der Waals surface area contributed by atoms with Crippen molar-refractivity contribution in [2.24, 2.45) is 5.92 Å². The van der Waals surface area contributed by atoms with Crippen LogP contribution in [0.4, 0.5) is 0 Å². The highest BCUT2D eigenvalue weighted by atomic mass is 16.5.